The van der Waals surface area contributed by atoms with E-state index in [4.69, 9.17) is 13.9 Å². The van der Waals surface area contributed by atoms with Crippen molar-refractivity contribution in [3.63, 3.8) is 0 Å². The van der Waals surface area contributed by atoms with Gasteiger partial charge in [-0.1, -0.05) is 12.1 Å². The van der Waals surface area contributed by atoms with Crippen molar-refractivity contribution in [3.8, 4) is 28.3 Å². The summed E-state index contributed by atoms with van der Waals surface area (Å²) in [7, 11) is 0. The van der Waals surface area contributed by atoms with Crippen LogP contribution in [-0.4, -0.2) is 52.5 Å². The van der Waals surface area contributed by atoms with E-state index in [9.17, 15) is 4.79 Å². The molecule has 4 heterocycles. The molecule has 1 amide bonds. The molecule has 3 aromatic rings. The van der Waals surface area contributed by atoms with Crippen LogP contribution in [0, 0.1) is 5.41 Å². The molecule has 1 aromatic carbocycles. The van der Waals surface area contributed by atoms with Gasteiger partial charge >= 0.3 is 6.09 Å². The van der Waals surface area contributed by atoms with Crippen LogP contribution in [0.1, 0.15) is 0 Å². The largest absolute Gasteiger partial charge is 0.423 e. The fraction of sp³-hybridized carbons (Fsp3) is 0.263. The first-order valence-corrected chi connectivity index (χ1v) is 8.57. The summed E-state index contributed by atoms with van der Waals surface area (Å²) in [4.78, 5) is 18.2. The third-order valence-electron chi connectivity index (χ3n) is 4.84. The number of carbonyl (C=O) groups excluding carboxylic acids is 1. The average molecular weight is 364 g/mol. The number of ether oxygens (including phenoxy) is 2. The fourth-order valence-electron chi connectivity index (χ4n) is 3.38. The van der Waals surface area contributed by atoms with Gasteiger partial charge < -0.3 is 18.8 Å². The first-order chi connectivity index (χ1) is 13.2. The minimum Gasteiger partial charge on any atom is -0.423 e. The fourth-order valence-corrected chi connectivity index (χ4v) is 3.38. The Kier molecular flexibility index (Phi) is 3.64. The van der Waals surface area contributed by atoms with Crippen molar-refractivity contribution >= 4 is 6.09 Å². The highest BCUT2D eigenvalue weighted by molar-refractivity contribution is 5.74. The standard InChI is InChI=1S/C19H16N4O4/c24-18(23-8-19(9-23)10-25-11-19)27-16-3-1-2-13(5-16)14-4-15(7-20-6-14)17-22-21-12-26-17/h1-7,12H,8-11H2. The highest BCUT2D eigenvalue weighted by Crippen LogP contribution is 2.38. The summed E-state index contributed by atoms with van der Waals surface area (Å²) in [5.74, 6) is 0.894. The van der Waals surface area contributed by atoms with Crippen molar-refractivity contribution in [1.29, 1.82) is 0 Å². The van der Waals surface area contributed by atoms with E-state index in [0.29, 0.717) is 24.7 Å². The van der Waals surface area contributed by atoms with E-state index in [1.54, 1.807) is 23.4 Å². The molecule has 0 atom stereocenters. The second-order valence-corrected chi connectivity index (χ2v) is 6.95. The number of likely N-dealkylation sites (tertiary alicyclic amines) is 1. The first kappa shape index (κ1) is 16.0. The first-order valence-electron chi connectivity index (χ1n) is 8.57. The van der Waals surface area contributed by atoms with E-state index in [2.05, 4.69) is 15.2 Å². The summed E-state index contributed by atoms with van der Waals surface area (Å²) in [6, 6.07) is 9.25. The summed E-state index contributed by atoms with van der Waals surface area (Å²) < 4.78 is 16.0. The maximum absolute atomic E-state index is 12.3. The minimum absolute atomic E-state index is 0.168. The van der Waals surface area contributed by atoms with Gasteiger partial charge in [-0.15, -0.1) is 10.2 Å². The zero-order chi connectivity index (χ0) is 18.3. The number of nitrogens with zero attached hydrogens (tertiary/aromatic N) is 4. The second kappa shape index (κ2) is 6.17. The molecule has 0 saturated carbocycles. The zero-order valence-corrected chi connectivity index (χ0v) is 14.4. The second-order valence-electron chi connectivity index (χ2n) is 6.95. The quantitative estimate of drug-likeness (QED) is 0.705. The van der Waals surface area contributed by atoms with E-state index in [-0.39, 0.29) is 11.5 Å². The molecular weight excluding hydrogens is 348 g/mol. The van der Waals surface area contributed by atoms with Gasteiger partial charge in [0, 0.05) is 31.0 Å². The SMILES string of the molecule is O=C(Oc1cccc(-c2cncc(-c3nnco3)c2)c1)N1CC2(COC2)C1. The smallest absolute Gasteiger partial charge is 0.415 e. The van der Waals surface area contributed by atoms with Gasteiger partial charge in [-0.2, -0.15) is 0 Å². The molecule has 2 saturated heterocycles. The summed E-state index contributed by atoms with van der Waals surface area (Å²) in [6.45, 7) is 2.86. The number of hydrogen-bond acceptors (Lipinski definition) is 7. The van der Waals surface area contributed by atoms with E-state index >= 15 is 0 Å². The molecule has 1 spiro atoms. The molecule has 136 valence electrons. The number of benzene rings is 1. The van der Waals surface area contributed by atoms with Crippen LogP contribution in [0.2, 0.25) is 0 Å². The molecule has 8 heteroatoms. The van der Waals surface area contributed by atoms with Crippen molar-refractivity contribution in [1.82, 2.24) is 20.1 Å². The molecule has 5 rings (SSSR count). The zero-order valence-electron chi connectivity index (χ0n) is 14.4. The maximum atomic E-state index is 12.3. The van der Waals surface area contributed by atoms with Crippen molar-refractivity contribution in [2.24, 2.45) is 5.41 Å². The Morgan fingerprint density at radius 1 is 1.11 bits per heavy atom. The molecule has 2 fully saturated rings. The van der Waals surface area contributed by atoms with E-state index < -0.39 is 0 Å². The highest BCUT2D eigenvalue weighted by Gasteiger charge is 2.51. The predicted molar refractivity (Wildman–Crippen MR) is 93.8 cm³/mol. The van der Waals surface area contributed by atoms with E-state index in [1.807, 2.05) is 24.3 Å². The van der Waals surface area contributed by atoms with Gasteiger partial charge in [0.25, 0.3) is 0 Å². The number of carbonyl (C=O) groups is 1. The Morgan fingerprint density at radius 3 is 2.70 bits per heavy atom. The third-order valence-corrected chi connectivity index (χ3v) is 4.84. The average Bonchev–Trinajstić information content (AvgIpc) is 3.14. The van der Waals surface area contributed by atoms with Crippen molar-refractivity contribution in [3.05, 3.63) is 49.1 Å². The molecule has 2 aliphatic heterocycles. The normalized spacial score (nSPS) is 17.3. The van der Waals surface area contributed by atoms with Crippen molar-refractivity contribution in [2.45, 2.75) is 0 Å². The van der Waals surface area contributed by atoms with Crippen LogP contribution in [-0.2, 0) is 4.74 Å². The lowest BCUT2D eigenvalue weighted by Crippen LogP contribution is -2.67. The van der Waals surface area contributed by atoms with E-state index in [0.717, 1.165) is 29.9 Å². The third kappa shape index (κ3) is 2.93. The van der Waals surface area contributed by atoms with Gasteiger partial charge in [-0.25, -0.2) is 4.79 Å². The summed E-state index contributed by atoms with van der Waals surface area (Å²) >= 11 is 0. The lowest BCUT2D eigenvalue weighted by Gasteiger charge is -2.54. The Hall–Kier alpha value is -3.26. The number of aromatic nitrogens is 3. The van der Waals surface area contributed by atoms with Crippen molar-refractivity contribution < 1.29 is 18.7 Å². The predicted octanol–water partition coefficient (Wildman–Crippen LogP) is 2.63. The molecule has 2 aromatic heterocycles. The number of rotatable bonds is 3. The summed E-state index contributed by atoms with van der Waals surface area (Å²) in [5.41, 5.74) is 2.63. The highest BCUT2D eigenvalue weighted by atomic mass is 16.6. The summed E-state index contributed by atoms with van der Waals surface area (Å²) in [5, 5.41) is 7.58. The van der Waals surface area contributed by atoms with Crippen LogP contribution in [0.15, 0.2) is 53.5 Å². The summed E-state index contributed by atoms with van der Waals surface area (Å²) in [6.07, 6.45) is 4.33. The Labute approximate surface area is 154 Å². The Morgan fingerprint density at radius 2 is 1.96 bits per heavy atom. The van der Waals surface area contributed by atoms with E-state index in [1.165, 1.54) is 6.39 Å². The molecule has 2 aliphatic rings. The number of hydrogen-bond donors (Lipinski definition) is 0. The number of pyridine rings is 1. The maximum Gasteiger partial charge on any atom is 0.415 e. The molecule has 0 unspecified atom stereocenters. The number of amides is 1. The van der Waals surface area contributed by atoms with Crippen LogP contribution in [0.5, 0.6) is 5.75 Å². The Balaban J connectivity index is 1.32. The van der Waals surface area contributed by atoms with Crippen LogP contribution in [0.4, 0.5) is 4.79 Å². The molecule has 0 bridgehead atoms. The Bertz CT molecular complexity index is 977. The van der Waals surface area contributed by atoms with Gasteiger partial charge in [0.15, 0.2) is 0 Å². The van der Waals surface area contributed by atoms with Crippen LogP contribution in [0.25, 0.3) is 22.6 Å². The topological polar surface area (TPSA) is 90.6 Å². The molecule has 27 heavy (non-hydrogen) atoms. The molecule has 0 radical (unpaired) electrons. The van der Waals surface area contributed by atoms with Gasteiger partial charge in [0.05, 0.1) is 24.2 Å². The minimum atomic E-state index is -0.331. The monoisotopic (exact) mass is 364 g/mol. The molecule has 8 nitrogen and oxygen atoms in total. The van der Waals surface area contributed by atoms with Gasteiger partial charge in [-0.3, -0.25) is 4.98 Å². The molecule has 0 aliphatic carbocycles. The van der Waals surface area contributed by atoms with Crippen LogP contribution < -0.4 is 4.74 Å². The molecular formula is C19H16N4O4. The van der Waals surface area contributed by atoms with Gasteiger partial charge in [0.1, 0.15) is 5.75 Å². The van der Waals surface area contributed by atoms with Gasteiger partial charge in [-0.05, 0) is 23.8 Å². The van der Waals surface area contributed by atoms with Crippen molar-refractivity contribution in [2.75, 3.05) is 26.3 Å². The van der Waals surface area contributed by atoms with Gasteiger partial charge in [0.2, 0.25) is 12.3 Å². The molecule has 0 N–H and O–H groups in total. The lowest BCUT2D eigenvalue weighted by atomic mass is 9.78. The lowest BCUT2D eigenvalue weighted by molar-refractivity contribution is -0.178. The van der Waals surface area contributed by atoms with Crippen LogP contribution >= 0.6 is 0 Å². The van der Waals surface area contributed by atoms with Crippen LogP contribution in [0.3, 0.4) is 0 Å².